The summed E-state index contributed by atoms with van der Waals surface area (Å²) in [6.07, 6.45) is 4.87. The summed E-state index contributed by atoms with van der Waals surface area (Å²) in [5.74, 6) is 0. The zero-order chi connectivity index (χ0) is 11.5. The van der Waals surface area contributed by atoms with Gasteiger partial charge in [0.25, 0.3) is 0 Å². The average molecular weight is 235 g/mol. The molecule has 5 heteroatoms. The van der Waals surface area contributed by atoms with E-state index in [1.807, 2.05) is 29.9 Å². The van der Waals surface area contributed by atoms with Gasteiger partial charge in [0, 0.05) is 25.6 Å². The molecule has 0 aliphatic carbocycles. The summed E-state index contributed by atoms with van der Waals surface area (Å²) in [5.41, 5.74) is 0.823. The van der Waals surface area contributed by atoms with Crippen LogP contribution in [0.4, 0.5) is 0 Å². The molecule has 2 rings (SSSR count). The highest BCUT2D eigenvalue weighted by Gasteiger charge is 2.05. The quantitative estimate of drug-likeness (QED) is 0.884. The summed E-state index contributed by atoms with van der Waals surface area (Å²) < 4.78 is 1.94. The first-order chi connectivity index (χ1) is 7.66. The van der Waals surface area contributed by atoms with Gasteiger partial charge in [0.05, 0.1) is 6.10 Å². The van der Waals surface area contributed by atoms with Crippen molar-refractivity contribution in [2.24, 2.45) is 7.05 Å². The van der Waals surface area contributed by atoms with Gasteiger partial charge < -0.3 is 9.67 Å². The molecular weight excluding hydrogens is 222 g/mol. The van der Waals surface area contributed by atoms with Crippen molar-refractivity contribution in [2.45, 2.75) is 23.2 Å². The normalized spacial score (nSPS) is 12.7. The van der Waals surface area contributed by atoms with Gasteiger partial charge in [-0.2, -0.15) is 0 Å². The van der Waals surface area contributed by atoms with E-state index in [4.69, 9.17) is 0 Å². The highest BCUT2D eigenvalue weighted by molar-refractivity contribution is 7.99. The molecule has 84 valence electrons. The smallest absolute Gasteiger partial charge is 0.174 e. The van der Waals surface area contributed by atoms with Gasteiger partial charge in [0.1, 0.15) is 5.03 Å². The monoisotopic (exact) mass is 235 g/mol. The highest BCUT2D eigenvalue weighted by atomic mass is 32.2. The number of imidazole rings is 1. The molecule has 16 heavy (non-hydrogen) atoms. The van der Waals surface area contributed by atoms with Crippen LogP contribution in [0.3, 0.4) is 0 Å². The van der Waals surface area contributed by atoms with Gasteiger partial charge in [-0.05, 0) is 30.3 Å². The lowest BCUT2D eigenvalue weighted by molar-refractivity contribution is 0.198. The van der Waals surface area contributed by atoms with E-state index in [-0.39, 0.29) is 0 Å². The summed E-state index contributed by atoms with van der Waals surface area (Å²) in [4.78, 5) is 8.47. The number of rotatable bonds is 3. The third-order valence-corrected chi connectivity index (χ3v) is 3.24. The van der Waals surface area contributed by atoms with Crippen molar-refractivity contribution in [1.29, 1.82) is 0 Å². The Bertz CT molecular complexity index is 464. The number of aliphatic hydroxyl groups is 1. The molecule has 0 spiro atoms. The van der Waals surface area contributed by atoms with Crippen LogP contribution in [0.15, 0.2) is 40.9 Å². The lowest BCUT2D eigenvalue weighted by Crippen LogP contribution is -1.93. The molecule has 0 aliphatic heterocycles. The molecular formula is C11H13N3OS. The highest BCUT2D eigenvalue weighted by Crippen LogP contribution is 2.24. The van der Waals surface area contributed by atoms with Gasteiger partial charge >= 0.3 is 0 Å². The number of aryl methyl sites for hydroxylation is 1. The van der Waals surface area contributed by atoms with Crippen LogP contribution in [0, 0.1) is 0 Å². The molecule has 4 nitrogen and oxygen atoms in total. The second-order valence-corrected chi connectivity index (χ2v) is 4.52. The summed E-state index contributed by atoms with van der Waals surface area (Å²) in [6, 6.07) is 3.77. The standard InChI is InChI=1S/C11H13N3OS/c1-8(15)9-3-4-10(13-7-9)16-11-12-5-6-14(11)2/h3-8,15H,1-2H3/t8-/m1/s1. The van der Waals surface area contributed by atoms with Crippen molar-refractivity contribution < 1.29 is 5.11 Å². The average Bonchev–Trinajstić information content (AvgIpc) is 2.65. The predicted octanol–water partition coefficient (Wildman–Crippen LogP) is 2.02. The molecule has 0 aliphatic rings. The SMILES string of the molecule is C[C@@H](O)c1ccc(Sc2nccn2C)nc1. The van der Waals surface area contributed by atoms with Gasteiger partial charge in [-0.1, -0.05) is 6.07 Å². The maximum Gasteiger partial charge on any atom is 0.174 e. The number of aromatic nitrogens is 3. The van der Waals surface area contributed by atoms with Crippen molar-refractivity contribution in [3.05, 3.63) is 36.3 Å². The maximum atomic E-state index is 9.35. The largest absolute Gasteiger partial charge is 0.389 e. The fourth-order valence-corrected chi connectivity index (χ4v) is 1.99. The molecule has 0 aromatic carbocycles. The summed E-state index contributed by atoms with van der Waals surface area (Å²) in [7, 11) is 1.94. The zero-order valence-electron chi connectivity index (χ0n) is 9.16. The number of aliphatic hydroxyl groups excluding tert-OH is 1. The molecule has 0 unspecified atom stereocenters. The molecule has 2 aromatic rings. The summed E-state index contributed by atoms with van der Waals surface area (Å²) >= 11 is 1.50. The Morgan fingerprint density at radius 2 is 2.19 bits per heavy atom. The number of pyridine rings is 1. The topological polar surface area (TPSA) is 50.9 Å². The van der Waals surface area contributed by atoms with Crippen molar-refractivity contribution in [1.82, 2.24) is 14.5 Å². The first-order valence-corrected chi connectivity index (χ1v) is 5.77. The molecule has 0 radical (unpaired) electrons. The third kappa shape index (κ3) is 2.43. The van der Waals surface area contributed by atoms with Gasteiger partial charge in [0.2, 0.25) is 0 Å². The Balaban J connectivity index is 2.14. The molecule has 0 saturated heterocycles. The van der Waals surface area contributed by atoms with E-state index in [1.54, 1.807) is 19.3 Å². The van der Waals surface area contributed by atoms with E-state index >= 15 is 0 Å². The van der Waals surface area contributed by atoms with E-state index in [1.165, 1.54) is 11.8 Å². The third-order valence-electron chi connectivity index (χ3n) is 2.21. The molecule has 1 N–H and O–H groups in total. The summed E-state index contributed by atoms with van der Waals surface area (Å²) in [6.45, 7) is 1.72. The number of nitrogens with zero attached hydrogens (tertiary/aromatic N) is 3. The Morgan fingerprint density at radius 1 is 1.38 bits per heavy atom. The van der Waals surface area contributed by atoms with Crippen LogP contribution in [0.1, 0.15) is 18.6 Å². The fourth-order valence-electron chi connectivity index (χ4n) is 1.24. The van der Waals surface area contributed by atoms with Gasteiger partial charge in [-0.25, -0.2) is 9.97 Å². The van der Waals surface area contributed by atoms with Crippen molar-refractivity contribution in [3.8, 4) is 0 Å². The van der Waals surface area contributed by atoms with Crippen LogP contribution in [0.25, 0.3) is 0 Å². The van der Waals surface area contributed by atoms with Crippen LogP contribution in [-0.4, -0.2) is 19.6 Å². The van der Waals surface area contributed by atoms with Crippen LogP contribution in [-0.2, 0) is 7.05 Å². The van der Waals surface area contributed by atoms with Crippen LogP contribution >= 0.6 is 11.8 Å². The van der Waals surface area contributed by atoms with E-state index < -0.39 is 6.10 Å². The second-order valence-electron chi connectivity index (χ2n) is 3.53. The fraction of sp³-hybridized carbons (Fsp3) is 0.273. The minimum atomic E-state index is -0.472. The number of hydrogen-bond donors (Lipinski definition) is 1. The molecule has 0 bridgehead atoms. The molecule has 2 heterocycles. The van der Waals surface area contributed by atoms with E-state index in [0.29, 0.717) is 0 Å². The van der Waals surface area contributed by atoms with Crippen molar-refractivity contribution in [2.75, 3.05) is 0 Å². The zero-order valence-corrected chi connectivity index (χ0v) is 9.98. The lowest BCUT2D eigenvalue weighted by atomic mass is 10.2. The van der Waals surface area contributed by atoms with Crippen molar-refractivity contribution in [3.63, 3.8) is 0 Å². The maximum absolute atomic E-state index is 9.35. The minimum Gasteiger partial charge on any atom is -0.389 e. The molecule has 0 amide bonds. The molecule has 1 atom stereocenters. The molecule has 2 aromatic heterocycles. The second kappa shape index (κ2) is 4.67. The number of hydrogen-bond acceptors (Lipinski definition) is 4. The lowest BCUT2D eigenvalue weighted by Gasteiger charge is -2.05. The summed E-state index contributed by atoms with van der Waals surface area (Å²) in [5, 5.41) is 11.1. The van der Waals surface area contributed by atoms with E-state index in [2.05, 4.69) is 9.97 Å². The Labute approximate surface area is 98.4 Å². The van der Waals surface area contributed by atoms with Gasteiger partial charge in [0.15, 0.2) is 5.16 Å². The van der Waals surface area contributed by atoms with Crippen molar-refractivity contribution >= 4 is 11.8 Å². The first kappa shape index (κ1) is 11.2. The first-order valence-electron chi connectivity index (χ1n) is 4.96. The Hall–Kier alpha value is -1.33. The van der Waals surface area contributed by atoms with Crippen LogP contribution in [0.5, 0.6) is 0 Å². The minimum absolute atomic E-state index is 0.472. The molecule has 0 saturated carbocycles. The van der Waals surface area contributed by atoms with Gasteiger partial charge in [-0.15, -0.1) is 0 Å². The van der Waals surface area contributed by atoms with Crippen LogP contribution < -0.4 is 0 Å². The van der Waals surface area contributed by atoms with E-state index in [0.717, 1.165) is 15.7 Å². The van der Waals surface area contributed by atoms with Crippen LogP contribution in [0.2, 0.25) is 0 Å². The molecule has 0 fully saturated rings. The Kier molecular flexibility index (Phi) is 3.26. The van der Waals surface area contributed by atoms with Gasteiger partial charge in [-0.3, -0.25) is 0 Å². The Morgan fingerprint density at radius 3 is 2.69 bits per heavy atom. The van der Waals surface area contributed by atoms with E-state index in [9.17, 15) is 5.11 Å². The predicted molar refractivity (Wildman–Crippen MR) is 62.2 cm³/mol.